The van der Waals surface area contributed by atoms with Crippen LogP contribution >= 0.6 is 12.4 Å². The van der Waals surface area contributed by atoms with E-state index in [1.54, 1.807) is 0 Å². The molecule has 1 nitrogen and oxygen atoms in total. The second-order valence-corrected chi connectivity index (χ2v) is 4.21. The van der Waals surface area contributed by atoms with E-state index in [2.05, 4.69) is 20.8 Å². The SMILES string of the molecule is CC(C)(C)[C@@H]1CC[C@H]1N.Cl. The highest BCUT2D eigenvalue weighted by Gasteiger charge is 2.36. The van der Waals surface area contributed by atoms with E-state index < -0.39 is 0 Å². The summed E-state index contributed by atoms with van der Waals surface area (Å²) in [5.74, 6) is 0.775. The molecular formula is C8H18ClN. The monoisotopic (exact) mass is 163 g/mol. The lowest BCUT2D eigenvalue weighted by Crippen LogP contribution is -2.46. The van der Waals surface area contributed by atoms with E-state index in [1.807, 2.05) is 0 Å². The summed E-state index contributed by atoms with van der Waals surface area (Å²) < 4.78 is 0. The number of hydrogen-bond donors (Lipinski definition) is 1. The minimum atomic E-state index is 0. The van der Waals surface area contributed by atoms with Crippen molar-refractivity contribution in [3.8, 4) is 0 Å². The first-order valence-corrected chi connectivity index (χ1v) is 3.77. The van der Waals surface area contributed by atoms with Gasteiger partial charge >= 0.3 is 0 Å². The van der Waals surface area contributed by atoms with E-state index in [9.17, 15) is 0 Å². The smallest absolute Gasteiger partial charge is 0.00722 e. The van der Waals surface area contributed by atoms with Crippen molar-refractivity contribution < 1.29 is 0 Å². The fourth-order valence-corrected chi connectivity index (χ4v) is 1.60. The lowest BCUT2D eigenvalue weighted by Gasteiger charge is -2.43. The number of nitrogens with two attached hydrogens (primary N) is 1. The van der Waals surface area contributed by atoms with Gasteiger partial charge in [0.05, 0.1) is 0 Å². The van der Waals surface area contributed by atoms with E-state index in [1.165, 1.54) is 12.8 Å². The zero-order valence-corrected chi connectivity index (χ0v) is 7.87. The van der Waals surface area contributed by atoms with E-state index in [0.717, 1.165) is 5.92 Å². The van der Waals surface area contributed by atoms with Crippen molar-refractivity contribution in [2.45, 2.75) is 39.7 Å². The summed E-state index contributed by atoms with van der Waals surface area (Å²) in [6.07, 6.45) is 2.58. The van der Waals surface area contributed by atoms with Crippen LogP contribution in [0.2, 0.25) is 0 Å². The summed E-state index contributed by atoms with van der Waals surface area (Å²) in [4.78, 5) is 0. The maximum Gasteiger partial charge on any atom is 0.00722 e. The molecule has 10 heavy (non-hydrogen) atoms. The highest BCUT2D eigenvalue weighted by molar-refractivity contribution is 5.85. The average Bonchev–Trinajstić information content (AvgIpc) is 1.57. The zero-order valence-electron chi connectivity index (χ0n) is 7.05. The Kier molecular flexibility index (Phi) is 3.18. The minimum Gasteiger partial charge on any atom is -0.327 e. The van der Waals surface area contributed by atoms with Crippen LogP contribution in [0.15, 0.2) is 0 Å². The van der Waals surface area contributed by atoms with Gasteiger partial charge in [-0.15, -0.1) is 12.4 Å². The average molecular weight is 164 g/mol. The molecule has 2 atom stereocenters. The molecule has 0 unspecified atom stereocenters. The summed E-state index contributed by atoms with van der Waals surface area (Å²) in [7, 11) is 0. The molecule has 1 aliphatic rings. The van der Waals surface area contributed by atoms with Crippen LogP contribution in [0.4, 0.5) is 0 Å². The van der Waals surface area contributed by atoms with Crippen molar-refractivity contribution in [2.75, 3.05) is 0 Å². The van der Waals surface area contributed by atoms with Gasteiger partial charge in [-0.2, -0.15) is 0 Å². The van der Waals surface area contributed by atoms with Gasteiger partial charge in [-0.25, -0.2) is 0 Å². The molecule has 0 bridgehead atoms. The molecule has 0 aromatic carbocycles. The second-order valence-electron chi connectivity index (χ2n) is 4.21. The molecule has 0 saturated heterocycles. The quantitative estimate of drug-likeness (QED) is 0.582. The van der Waals surface area contributed by atoms with Crippen molar-refractivity contribution in [1.82, 2.24) is 0 Å². The van der Waals surface area contributed by atoms with Gasteiger partial charge in [-0.05, 0) is 24.2 Å². The standard InChI is InChI=1S/C8H17N.ClH/c1-8(2,3)6-4-5-7(6)9;/h6-7H,4-5,9H2,1-3H3;1H/t6-,7-;/m1./s1. The van der Waals surface area contributed by atoms with Crippen LogP contribution in [0, 0.1) is 11.3 Å². The maximum absolute atomic E-state index is 5.81. The topological polar surface area (TPSA) is 26.0 Å². The van der Waals surface area contributed by atoms with Crippen LogP contribution in [-0.2, 0) is 0 Å². The van der Waals surface area contributed by atoms with Gasteiger partial charge in [-0.3, -0.25) is 0 Å². The fraction of sp³-hybridized carbons (Fsp3) is 1.00. The van der Waals surface area contributed by atoms with Gasteiger partial charge in [-0.1, -0.05) is 20.8 Å². The molecule has 2 heteroatoms. The number of rotatable bonds is 0. The highest BCUT2D eigenvalue weighted by Crippen LogP contribution is 2.40. The third-order valence-corrected chi connectivity index (χ3v) is 2.44. The molecule has 0 heterocycles. The second kappa shape index (κ2) is 3.10. The minimum absolute atomic E-state index is 0. The molecule has 0 aromatic rings. The molecule has 2 N–H and O–H groups in total. The molecule has 0 amide bonds. The first kappa shape index (κ1) is 10.2. The van der Waals surface area contributed by atoms with Crippen LogP contribution in [0.1, 0.15) is 33.6 Å². The summed E-state index contributed by atoms with van der Waals surface area (Å²) in [5.41, 5.74) is 6.25. The molecular weight excluding hydrogens is 146 g/mol. The van der Waals surface area contributed by atoms with Crippen molar-refractivity contribution in [3.05, 3.63) is 0 Å². The number of halogens is 1. The van der Waals surface area contributed by atoms with Crippen LogP contribution in [0.3, 0.4) is 0 Å². The third-order valence-electron chi connectivity index (χ3n) is 2.44. The van der Waals surface area contributed by atoms with Crippen LogP contribution in [0.5, 0.6) is 0 Å². The van der Waals surface area contributed by atoms with Crippen LogP contribution in [-0.4, -0.2) is 6.04 Å². The van der Waals surface area contributed by atoms with Crippen molar-refractivity contribution in [1.29, 1.82) is 0 Å². The van der Waals surface area contributed by atoms with Crippen molar-refractivity contribution in [3.63, 3.8) is 0 Å². The van der Waals surface area contributed by atoms with Crippen molar-refractivity contribution >= 4 is 12.4 Å². The molecule has 1 aliphatic carbocycles. The Labute approximate surface area is 69.8 Å². The largest absolute Gasteiger partial charge is 0.327 e. The molecule has 1 saturated carbocycles. The van der Waals surface area contributed by atoms with Gasteiger partial charge < -0.3 is 5.73 Å². The first-order valence-electron chi connectivity index (χ1n) is 3.77. The lowest BCUT2D eigenvalue weighted by atomic mass is 9.65. The molecule has 0 radical (unpaired) electrons. The van der Waals surface area contributed by atoms with Gasteiger partial charge in [0.2, 0.25) is 0 Å². The third kappa shape index (κ3) is 1.86. The molecule has 1 rings (SSSR count). The highest BCUT2D eigenvalue weighted by atomic mass is 35.5. The predicted molar refractivity (Wildman–Crippen MR) is 47.4 cm³/mol. The van der Waals surface area contributed by atoms with E-state index in [-0.39, 0.29) is 12.4 Å². The summed E-state index contributed by atoms with van der Waals surface area (Å²) in [6, 6.07) is 0.491. The Hall–Kier alpha value is 0.250. The normalized spacial score (nSPS) is 32.4. The molecule has 62 valence electrons. The van der Waals surface area contributed by atoms with Crippen LogP contribution < -0.4 is 5.73 Å². The van der Waals surface area contributed by atoms with Gasteiger partial charge in [0, 0.05) is 6.04 Å². The van der Waals surface area contributed by atoms with Crippen molar-refractivity contribution in [2.24, 2.45) is 17.1 Å². The molecule has 0 aromatic heterocycles. The summed E-state index contributed by atoms with van der Waals surface area (Å²) >= 11 is 0. The Morgan fingerprint density at radius 2 is 1.70 bits per heavy atom. The van der Waals surface area contributed by atoms with Gasteiger partial charge in [0.25, 0.3) is 0 Å². The Morgan fingerprint density at radius 1 is 1.20 bits per heavy atom. The predicted octanol–water partition coefficient (Wildman–Crippen LogP) is 2.19. The Balaban J connectivity index is 0.000000810. The van der Waals surface area contributed by atoms with E-state index >= 15 is 0 Å². The molecule has 1 fully saturated rings. The lowest BCUT2D eigenvalue weighted by molar-refractivity contribution is 0.109. The maximum atomic E-state index is 5.81. The van der Waals surface area contributed by atoms with Gasteiger partial charge in [0.15, 0.2) is 0 Å². The zero-order chi connectivity index (χ0) is 7.07. The fourth-order valence-electron chi connectivity index (χ4n) is 1.60. The summed E-state index contributed by atoms with van der Waals surface area (Å²) in [5, 5.41) is 0. The first-order chi connectivity index (χ1) is 4.02. The van der Waals surface area contributed by atoms with E-state index in [4.69, 9.17) is 5.73 Å². The molecule has 0 spiro atoms. The van der Waals surface area contributed by atoms with Gasteiger partial charge in [0.1, 0.15) is 0 Å². The number of hydrogen-bond acceptors (Lipinski definition) is 1. The Morgan fingerprint density at radius 3 is 1.70 bits per heavy atom. The summed E-state index contributed by atoms with van der Waals surface area (Å²) in [6.45, 7) is 6.82. The molecule has 0 aliphatic heterocycles. The van der Waals surface area contributed by atoms with E-state index in [0.29, 0.717) is 11.5 Å². The van der Waals surface area contributed by atoms with Crippen LogP contribution in [0.25, 0.3) is 0 Å². The Bertz CT molecular complexity index is 106.